The van der Waals surface area contributed by atoms with Gasteiger partial charge in [0.2, 0.25) is 5.91 Å². The van der Waals surface area contributed by atoms with Crippen LogP contribution >= 0.6 is 0 Å². The Morgan fingerprint density at radius 3 is 3.05 bits per heavy atom. The zero-order valence-electron chi connectivity index (χ0n) is 12.5. The SMILES string of the molecule is O=C(C1Cc2nc[nH]c2CN1)N1CCC[C@H]2CCCC[C@H]21. The second kappa shape index (κ2) is 5.44. The van der Waals surface area contributed by atoms with Gasteiger partial charge in [-0.3, -0.25) is 10.1 Å². The normalized spacial score (nSPS) is 32.4. The van der Waals surface area contributed by atoms with E-state index in [0.29, 0.717) is 11.9 Å². The summed E-state index contributed by atoms with van der Waals surface area (Å²) in [7, 11) is 0. The van der Waals surface area contributed by atoms with E-state index in [9.17, 15) is 4.79 Å². The van der Waals surface area contributed by atoms with E-state index in [-0.39, 0.29) is 6.04 Å². The number of amides is 1. The number of aromatic amines is 1. The highest BCUT2D eigenvalue weighted by atomic mass is 16.2. The van der Waals surface area contributed by atoms with Crippen molar-refractivity contribution in [3.05, 3.63) is 17.7 Å². The van der Waals surface area contributed by atoms with Gasteiger partial charge in [-0.15, -0.1) is 0 Å². The fourth-order valence-electron chi connectivity index (χ4n) is 4.44. The van der Waals surface area contributed by atoms with Crippen LogP contribution in [-0.4, -0.2) is 39.4 Å². The molecule has 0 radical (unpaired) electrons. The van der Waals surface area contributed by atoms with E-state index < -0.39 is 0 Å². The predicted octanol–water partition coefficient (Wildman–Crippen LogP) is 1.61. The Morgan fingerprint density at radius 2 is 2.10 bits per heavy atom. The van der Waals surface area contributed by atoms with Crippen LogP contribution < -0.4 is 5.32 Å². The third-order valence-corrected chi connectivity index (χ3v) is 5.55. The smallest absolute Gasteiger partial charge is 0.240 e. The molecule has 2 fully saturated rings. The van der Waals surface area contributed by atoms with Crippen molar-refractivity contribution in [3.8, 4) is 0 Å². The largest absolute Gasteiger partial charge is 0.347 e. The molecule has 1 saturated carbocycles. The van der Waals surface area contributed by atoms with Gasteiger partial charge in [-0.1, -0.05) is 12.8 Å². The molecule has 114 valence electrons. The highest BCUT2D eigenvalue weighted by Crippen LogP contribution is 2.35. The average molecular weight is 288 g/mol. The van der Waals surface area contributed by atoms with Crippen molar-refractivity contribution in [1.29, 1.82) is 0 Å². The number of hydrogen-bond donors (Lipinski definition) is 2. The highest BCUT2D eigenvalue weighted by Gasteiger charge is 2.38. The third kappa shape index (κ3) is 2.37. The molecule has 21 heavy (non-hydrogen) atoms. The van der Waals surface area contributed by atoms with Crippen LogP contribution in [0, 0.1) is 5.92 Å². The lowest BCUT2D eigenvalue weighted by molar-refractivity contribution is -0.140. The van der Waals surface area contributed by atoms with Crippen molar-refractivity contribution >= 4 is 5.91 Å². The number of aromatic nitrogens is 2. The number of fused-ring (bicyclic) bond motifs is 2. The van der Waals surface area contributed by atoms with Crippen LogP contribution in [0.3, 0.4) is 0 Å². The first kappa shape index (κ1) is 13.3. The van der Waals surface area contributed by atoms with E-state index in [2.05, 4.69) is 20.2 Å². The summed E-state index contributed by atoms with van der Waals surface area (Å²) in [4.78, 5) is 22.7. The number of carbonyl (C=O) groups excluding carboxylic acids is 1. The van der Waals surface area contributed by atoms with Crippen LogP contribution in [0.2, 0.25) is 0 Å². The lowest BCUT2D eigenvalue weighted by Crippen LogP contribution is -2.56. The first-order valence-corrected chi connectivity index (χ1v) is 8.38. The minimum atomic E-state index is -0.0820. The summed E-state index contributed by atoms with van der Waals surface area (Å²) in [6, 6.07) is 0.420. The lowest BCUT2D eigenvalue weighted by atomic mass is 9.78. The highest BCUT2D eigenvalue weighted by molar-refractivity contribution is 5.83. The number of piperidine rings is 1. The van der Waals surface area contributed by atoms with Crippen LogP contribution in [0.1, 0.15) is 49.9 Å². The molecule has 0 bridgehead atoms. The number of H-pyrrole nitrogens is 1. The summed E-state index contributed by atoms with van der Waals surface area (Å²) in [6.45, 7) is 1.68. The first-order chi connectivity index (χ1) is 10.3. The second-order valence-electron chi connectivity index (χ2n) is 6.75. The maximum atomic E-state index is 13.0. The molecule has 5 heteroatoms. The zero-order chi connectivity index (χ0) is 14.2. The van der Waals surface area contributed by atoms with Gasteiger partial charge < -0.3 is 9.88 Å². The molecular formula is C16H24N4O. The summed E-state index contributed by atoms with van der Waals surface area (Å²) in [5, 5.41) is 3.39. The van der Waals surface area contributed by atoms with Gasteiger partial charge in [0.1, 0.15) is 0 Å². The fraction of sp³-hybridized carbons (Fsp3) is 0.750. The van der Waals surface area contributed by atoms with Gasteiger partial charge in [-0.2, -0.15) is 0 Å². The molecule has 4 rings (SSSR count). The lowest BCUT2D eigenvalue weighted by Gasteiger charge is -2.45. The molecule has 3 aliphatic rings. The number of carbonyl (C=O) groups is 1. The first-order valence-electron chi connectivity index (χ1n) is 8.38. The van der Waals surface area contributed by atoms with Crippen molar-refractivity contribution in [2.75, 3.05) is 6.54 Å². The molecule has 1 aromatic heterocycles. The van der Waals surface area contributed by atoms with Gasteiger partial charge in [0.15, 0.2) is 0 Å². The Morgan fingerprint density at radius 1 is 1.24 bits per heavy atom. The van der Waals surface area contributed by atoms with E-state index >= 15 is 0 Å². The van der Waals surface area contributed by atoms with Gasteiger partial charge >= 0.3 is 0 Å². The third-order valence-electron chi connectivity index (χ3n) is 5.55. The summed E-state index contributed by atoms with van der Waals surface area (Å²) in [5.41, 5.74) is 2.19. The zero-order valence-corrected chi connectivity index (χ0v) is 12.5. The molecule has 0 spiro atoms. The van der Waals surface area contributed by atoms with Crippen LogP contribution in [-0.2, 0) is 17.8 Å². The average Bonchev–Trinajstić information content (AvgIpc) is 3.01. The summed E-state index contributed by atoms with van der Waals surface area (Å²) >= 11 is 0. The summed E-state index contributed by atoms with van der Waals surface area (Å²) in [5.74, 6) is 1.06. The molecule has 1 amide bonds. The topological polar surface area (TPSA) is 61.0 Å². The Labute approximate surface area is 125 Å². The van der Waals surface area contributed by atoms with Gasteiger partial charge in [0, 0.05) is 25.6 Å². The van der Waals surface area contributed by atoms with Crippen LogP contribution in [0.4, 0.5) is 0 Å². The molecule has 1 aromatic rings. The fourth-order valence-corrected chi connectivity index (χ4v) is 4.44. The molecule has 3 heterocycles. The van der Waals surface area contributed by atoms with Gasteiger partial charge in [0.05, 0.1) is 23.8 Å². The minimum absolute atomic E-state index is 0.0820. The molecule has 0 aromatic carbocycles. The number of likely N-dealkylation sites (tertiary alicyclic amines) is 1. The molecule has 5 nitrogen and oxygen atoms in total. The van der Waals surface area contributed by atoms with Crippen molar-refractivity contribution in [1.82, 2.24) is 20.2 Å². The van der Waals surface area contributed by atoms with Gasteiger partial charge in [-0.05, 0) is 31.6 Å². The molecule has 1 aliphatic carbocycles. The molecule has 3 atom stereocenters. The van der Waals surface area contributed by atoms with Crippen molar-refractivity contribution in [3.63, 3.8) is 0 Å². The number of nitrogens with one attached hydrogen (secondary N) is 2. The van der Waals surface area contributed by atoms with E-state index in [1.807, 2.05) is 0 Å². The Balaban J connectivity index is 1.49. The molecule has 2 aliphatic heterocycles. The number of hydrogen-bond acceptors (Lipinski definition) is 3. The summed E-state index contributed by atoms with van der Waals surface area (Å²) in [6.07, 6.45) is 10.1. The van der Waals surface area contributed by atoms with Crippen molar-refractivity contribution < 1.29 is 4.79 Å². The van der Waals surface area contributed by atoms with E-state index in [4.69, 9.17) is 0 Å². The number of rotatable bonds is 1. The molecular weight excluding hydrogens is 264 g/mol. The van der Waals surface area contributed by atoms with Crippen molar-refractivity contribution in [2.24, 2.45) is 5.92 Å². The molecule has 2 N–H and O–H groups in total. The van der Waals surface area contributed by atoms with Crippen molar-refractivity contribution in [2.45, 2.75) is 63.6 Å². The maximum Gasteiger partial charge on any atom is 0.240 e. The van der Waals surface area contributed by atoms with E-state index in [0.717, 1.165) is 36.8 Å². The van der Waals surface area contributed by atoms with Gasteiger partial charge in [-0.25, -0.2) is 4.98 Å². The maximum absolute atomic E-state index is 13.0. The monoisotopic (exact) mass is 288 g/mol. The molecule has 1 saturated heterocycles. The number of imidazole rings is 1. The molecule has 1 unspecified atom stereocenters. The summed E-state index contributed by atoms with van der Waals surface area (Å²) < 4.78 is 0. The Hall–Kier alpha value is -1.36. The van der Waals surface area contributed by atoms with Crippen LogP contribution in [0.15, 0.2) is 6.33 Å². The Bertz CT molecular complexity index is 524. The Kier molecular flexibility index (Phi) is 3.45. The van der Waals surface area contributed by atoms with Gasteiger partial charge in [0.25, 0.3) is 0 Å². The number of nitrogens with zero attached hydrogens (tertiary/aromatic N) is 2. The van der Waals surface area contributed by atoms with E-state index in [1.165, 1.54) is 38.5 Å². The standard InChI is InChI=1S/C16H24N4O/c21-16(13-8-12-14(9-17-13)19-10-18-12)20-7-3-5-11-4-1-2-6-15(11)20/h10-11,13,15,17H,1-9H2,(H,18,19)/t11-,13?,15-/m1/s1. The second-order valence-corrected chi connectivity index (χ2v) is 6.75. The predicted molar refractivity (Wildman–Crippen MR) is 79.6 cm³/mol. The van der Waals surface area contributed by atoms with E-state index in [1.54, 1.807) is 6.33 Å². The van der Waals surface area contributed by atoms with Crippen LogP contribution in [0.5, 0.6) is 0 Å². The quantitative estimate of drug-likeness (QED) is 0.825. The van der Waals surface area contributed by atoms with Crippen LogP contribution in [0.25, 0.3) is 0 Å². The minimum Gasteiger partial charge on any atom is -0.347 e.